The third-order valence-electron chi connectivity index (χ3n) is 4.50. The number of rotatable bonds is 6. The Bertz CT molecular complexity index is 769. The van der Waals surface area contributed by atoms with Crippen LogP contribution in [0.15, 0.2) is 52.1 Å². The Morgan fingerprint density at radius 1 is 1.18 bits per heavy atom. The van der Waals surface area contributed by atoms with Crippen LogP contribution in [0.25, 0.3) is 0 Å². The van der Waals surface area contributed by atoms with E-state index in [1.807, 2.05) is 0 Å². The van der Waals surface area contributed by atoms with Crippen molar-refractivity contribution < 1.29 is 18.3 Å². The number of guanidine groups is 1. The van der Waals surface area contributed by atoms with Crippen molar-refractivity contribution in [3.63, 3.8) is 0 Å². The number of ether oxygens (including phenoxy) is 1. The van der Waals surface area contributed by atoms with E-state index in [2.05, 4.69) is 15.2 Å². The SMILES string of the molecule is CN=C(NCCCOc1ccc(F)cc1)N1CCN(C(=O)c2ccco2)CC1. The summed E-state index contributed by atoms with van der Waals surface area (Å²) in [4.78, 5) is 20.6. The van der Waals surface area contributed by atoms with E-state index in [9.17, 15) is 9.18 Å². The Kier molecular flexibility index (Phi) is 6.89. The van der Waals surface area contributed by atoms with Crippen molar-refractivity contribution in [2.45, 2.75) is 6.42 Å². The van der Waals surface area contributed by atoms with E-state index in [1.165, 1.54) is 18.4 Å². The zero-order valence-corrected chi connectivity index (χ0v) is 15.9. The van der Waals surface area contributed by atoms with Crippen molar-refractivity contribution >= 4 is 11.9 Å². The molecule has 1 aliphatic rings. The number of furan rings is 1. The second kappa shape index (κ2) is 9.77. The number of nitrogens with zero attached hydrogens (tertiary/aromatic N) is 3. The molecular formula is C20H25FN4O3. The summed E-state index contributed by atoms with van der Waals surface area (Å²) in [7, 11) is 1.75. The summed E-state index contributed by atoms with van der Waals surface area (Å²) in [5.74, 6) is 1.49. The Balaban J connectivity index is 1.36. The summed E-state index contributed by atoms with van der Waals surface area (Å²) in [6.07, 6.45) is 2.29. The molecular weight excluding hydrogens is 363 g/mol. The van der Waals surface area contributed by atoms with Crippen LogP contribution in [0.4, 0.5) is 4.39 Å². The zero-order valence-electron chi connectivity index (χ0n) is 15.9. The molecule has 7 nitrogen and oxygen atoms in total. The molecule has 0 aliphatic carbocycles. The fraction of sp³-hybridized carbons (Fsp3) is 0.400. The molecule has 0 unspecified atom stereocenters. The van der Waals surface area contributed by atoms with Crippen LogP contribution in [-0.2, 0) is 0 Å². The summed E-state index contributed by atoms with van der Waals surface area (Å²) in [6.45, 7) is 3.89. The quantitative estimate of drug-likeness (QED) is 0.467. The number of nitrogens with one attached hydrogen (secondary N) is 1. The molecule has 3 rings (SSSR count). The lowest BCUT2D eigenvalue weighted by molar-refractivity contribution is 0.0657. The van der Waals surface area contributed by atoms with Gasteiger partial charge in [-0.15, -0.1) is 0 Å². The molecule has 1 amide bonds. The van der Waals surface area contributed by atoms with Crippen molar-refractivity contribution in [3.8, 4) is 5.75 Å². The number of benzene rings is 1. The fourth-order valence-corrected chi connectivity index (χ4v) is 3.00. The molecule has 8 heteroatoms. The molecule has 150 valence electrons. The first-order valence-corrected chi connectivity index (χ1v) is 9.34. The van der Waals surface area contributed by atoms with E-state index in [0.29, 0.717) is 50.8 Å². The summed E-state index contributed by atoms with van der Waals surface area (Å²) in [6, 6.07) is 9.39. The number of carbonyl (C=O) groups excluding carboxylic acids is 1. The van der Waals surface area contributed by atoms with Crippen LogP contribution < -0.4 is 10.1 Å². The topological polar surface area (TPSA) is 70.3 Å². The van der Waals surface area contributed by atoms with Gasteiger partial charge in [-0.3, -0.25) is 9.79 Å². The van der Waals surface area contributed by atoms with Gasteiger partial charge in [0.15, 0.2) is 11.7 Å². The summed E-state index contributed by atoms with van der Waals surface area (Å²) < 4.78 is 23.6. The first-order chi connectivity index (χ1) is 13.7. The molecule has 1 N–H and O–H groups in total. The van der Waals surface area contributed by atoms with Crippen LogP contribution in [0, 0.1) is 5.82 Å². The molecule has 0 bridgehead atoms. The fourth-order valence-electron chi connectivity index (χ4n) is 3.00. The average molecular weight is 388 g/mol. The molecule has 2 heterocycles. The predicted molar refractivity (Wildman–Crippen MR) is 104 cm³/mol. The second-order valence-corrected chi connectivity index (χ2v) is 6.39. The smallest absolute Gasteiger partial charge is 0.289 e. The molecule has 1 aliphatic heterocycles. The van der Waals surface area contributed by atoms with Gasteiger partial charge >= 0.3 is 0 Å². The third-order valence-corrected chi connectivity index (χ3v) is 4.50. The minimum atomic E-state index is -0.274. The maximum Gasteiger partial charge on any atom is 0.289 e. The lowest BCUT2D eigenvalue weighted by Gasteiger charge is -2.36. The number of hydrogen-bond acceptors (Lipinski definition) is 4. The minimum absolute atomic E-state index is 0.0782. The number of aliphatic imine (C=N–C) groups is 1. The van der Waals surface area contributed by atoms with Crippen LogP contribution in [0.5, 0.6) is 5.75 Å². The predicted octanol–water partition coefficient (Wildman–Crippen LogP) is 2.22. The highest BCUT2D eigenvalue weighted by atomic mass is 19.1. The van der Waals surface area contributed by atoms with Gasteiger partial charge in [-0.05, 0) is 42.8 Å². The van der Waals surface area contributed by atoms with Crippen molar-refractivity contribution in [1.29, 1.82) is 0 Å². The zero-order chi connectivity index (χ0) is 19.8. The summed E-state index contributed by atoms with van der Waals surface area (Å²) in [5.41, 5.74) is 0. The van der Waals surface area contributed by atoms with Crippen molar-refractivity contribution in [1.82, 2.24) is 15.1 Å². The van der Waals surface area contributed by atoms with E-state index < -0.39 is 0 Å². The summed E-state index contributed by atoms with van der Waals surface area (Å²) >= 11 is 0. The highest BCUT2D eigenvalue weighted by Gasteiger charge is 2.24. The lowest BCUT2D eigenvalue weighted by Crippen LogP contribution is -2.53. The first-order valence-electron chi connectivity index (χ1n) is 9.34. The van der Waals surface area contributed by atoms with Gasteiger partial charge in [0, 0.05) is 39.8 Å². The largest absolute Gasteiger partial charge is 0.494 e. The van der Waals surface area contributed by atoms with E-state index in [1.54, 1.807) is 36.2 Å². The van der Waals surface area contributed by atoms with Crippen LogP contribution in [0.2, 0.25) is 0 Å². The monoisotopic (exact) mass is 388 g/mol. The molecule has 0 saturated carbocycles. The molecule has 0 spiro atoms. The molecule has 2 aromatic rings. The van der Waals surface area contributed by atoms with Gasteiger partial charge in [-0.25, -0.2) is 4.39 Å². The van der Waals surface area contributed by atoms with Gasteiger partial charge < -0.3 is 24.3 Å². The van der Waals surface area contributed by atoms with E-state index >= 15 is 0 Å². The molecule has 1 saturated heterocycles. The summed E-state index contributed by atoms with van der Waals surface area (Å²) in [5, 5.41) is 3.32. The Hall–Kier alpha value is -3.03. The number of hydrogen-bond donors (Lipinski definition) is 1. The highest BCUT2D eigenvalue weighted by Crippen LogP contribution is 2.11. The molecule has 0 radical (unpaired) electrons. The molecule has 0 atom stereocenters. The van der Waals surface area contributed by atoms with Gasteiger partial charge in [0.1, 0.15) is 11.6 Å². The third kappa shape index (κ3) is 5.25. The van der Waals surface area contributed by atoms with E-state index in [4.69, 9.17) is 9.15 Å². The maximum atomic E-state index is 12.9. The van der Waals surface area contributed by atoms with Crippen LogP contribution in [-0.4, -0.2) is 68.0 Å². The first kappa shape index (κ1) is 19.7. The van der Waals surface area contributed by atoms with E-state index in [-0.39, 0.29) is 11.7 Å². The van der Waals surface area contributed by atoms with Crippen molar-refractivity contribution in [2.24, 2.45) is 4.99 Å². The lowest BCUT2D eigenvalue weighted by atomic mass is 10.3. The molecule has 1 aromatic carbocycles. The van der Waals surface area contributed by atoms with Gasteiger partial charge in [0.25, 0.3) is 5.91 Å². The van der Waals surface area contributed by atoms with Crippen LogP contribution in [0.3, 0.4) is 0 Å². The van der Waals surface area contributed by atoms with Crippen LogP contribution in [0.1, 0.15) is 17.0 Å². The number of halogens is 1. The van der Waals surface area contributed by atoms with Crippen molar-refractivity contribution in [3.05, 3.63) is 54.2 Å². The normalized spacial score (nSPS) is 14.9. The van der Waals surface area contributed by atoms with Crippen LogP contribution >= 0.6 is 0 Å². The second-order valence-electron chi connectivity index (χ2n) is 6.39. The van der Waals surface area contributed by atoms with Crippen molar-refractivity contribution in [2.75, 3.05) is 46.4 Å². The standard InChI is InChI=1S/C20H25FN4O3/c1-22-20(23-9-3-15-27-17-7-5-16(21)6-8-17)25-12-10-24(11-13-25)19(26)18-4-2-14-28-18/h2,4-8,14H,3,9-13,15H2,1H3,(H,22,23). The Morgan fingerprint density at radius 3 is 2.54 bits per heavy atom. The maximum absolute atomic E-state index is 12.9. The number of carbonyl (C=O) groups is 1. The highest BCUT2D eigenvalue weighted by molar-refractivity contribution is 5.91. The van der Waals surface area contributed by atoms with Gasteiger partial charge in [-0.1, -0.05) is 0 Å². The Labute approximate surface area is 163 Å². The molecule has 28 heavy (non-hydrogen) atoms. The molecule has 1 aromatic heterocycles. The van der Waals surface area contributed by atoms with Gasteiger partial charge in [0.2, 0.25) is 0 Å². The minimum Gasteiger partial charge on any atom is -0.494 e. The molecule has 1 fully saturated rings. The average Bonchev–Trinajstić information content (AvgIpc) is 3.27. The van der Waals surface area contributed by atoms with Gasteiger partial charge in [-0.2, -0.15) is 0 Å². The number of amides is 1. The number of piperazine rings is 1. The van der Waals surface area contributed by atoms with E-state index in [0.717, 1.165) is 12.4 Å². The Morgan fingerprint density at radius 2 is 1.89 bits per heavy atom. The van der Waals surface area contributed by atoms with Gasteiger partial charge in [0.05, 0.1) is 12.9 Å².